The van der Waals surface area contributed by atoms with Crippen molar-refractivity contribution >= 4 is 11.9 Å². The number of amides is 1. The molecule has 1 amide bonds. The summed E-state index contributed by atoms with van der Waals surface area (Å²) in [5.74, 6) is -1.67. The number of hydrogen-bond acceptors (Lipinski definition) is 3. The van der Waals surface area contributed by atoms with Crippen LogP contribution < -0.4 is 0 Å². The predicted octanol–water partition coefficient (Wildman–Crippen LogP) is 2.74. The highest BCUT2D eigenvalue weighted by Crippen LogP contribution is 2.42. The van der Waals surface area contributed by atoms with Gasteiger partial charge >= 0.3 is 5.97 Å². The number of nitrogens with zero attached hydrogens (tertiary/aromatic N) is 1. The predicted molar refractivity (Wildman–Crippen MR) is 80.8 cm³/mol. The molecule has 0 saturated carbocycles. The summed E-state index contributed by atoms with van der Waals surface area (Å²) in [6.45, 7) is 4.74. The van der Waals surface area contributed by atoms with Gasteiger partial charge in [0.15, 0.2) is 5.41 Å². The van der Waals surface area contributed by atoms with Crippen LogP contribution in [0.1, 0.15) is 32.4 Å². The third-order valence-electron chi connectivity index (χ3n) is 4.57. The number of alkyl halides is 1. The van der Waals surface area contributed by atoms with Crippen molar-refractivity contribution in [2.45, 2.75) is 26.8 Å². The fourth-order valence-corrected chi connectivity index (χ4v) is 2.96. The van der Waals surface area contributed by atoms with Gasteiger partial charge in [0.25, 0.3) is 0 Å². The Morgan fingerprint density at radius 2 is 2.09 bits per heavy atom. The van der Waals surface area contributed by atoms with E-state index in [0.717, 1.165) is 5.56 Å². The van der Waals surface area contributed by atoms with E-state index < -0.39 is 24.0 Å². The van der Waals surface area contributed by atoms with E-state index in [1.165, 1.54) is 6.92 Å². The van der Waals surface area contributed by atoms with Gasteiger partial charge in [0.05, 0.1) is 19.3 Å². The van der Waals surface area contributed by atoms with Gasteiger partial charge in [-0.25, -0.2) is 0 Å². The van der Waals surface area contributed by atoms with Crippen LogP contribution in [0.3, 0.4) is 0 Å². The van der Waals surface area contributed by atoms with E-state index in [1.54, 1.807) is 11.8 Å². The highest BCUT2D eigenvalue weighted by Gasteiger charge is 2.57. The van der Waals surface area contributed by atoms with Crippen molar-refractivity contribution in [3.05, 3.63) is 35.9 Å². The van der Waals surface area contributed by atoms with Gasteiger partial charge in [-0.2, -0.15) is 0 Å². The Kier molecular flexibility index (Phi) is 4.84. The van der Waals surface area contributed by atoms with Gasteiger partial charge in [-0.1, -0.05) is 30.3 Å². The minimum absolute atomic E-state index is 0.176. The van der Waals surface area contributed by atoms with Gasteiger partial charge in [0.2, 0.25) is 5.91 Å². The minimum Gasteiger partial charge on any atom is -0.465 e. The van der Waals surface area contributed by atoms with Crippen LogP contribution in [0.2, 0.25) is 0 Å². The van der Waals surface area contributed by atoms with Crippen LogP contribution in [0, 0.1) is 11.3 Å². The SMILES string of the molecule is CCOC(=O)[C@]1(C)C(=O)N([C@H](C)c2ccccc2)C[C@@H]1CF. The summed E-state index contributed by atoms with van der Waals surface area (Å²) in [6.07, 6.45) is 0. The van der Waals surface area contributed by atoms with Gasteiger partial charge in [-0.3, -0.25) is 14.0 Å². The third-order valence-corrected chi connectivity index (χ3v) is 4.57. The molecule has 0 aliphatic carbocycles. The first kappa shape index (κ1) is 16.5. The Morgan fingerprint density at radius 1 is 1.45 bits per heavy atom. The number of esters is 1. The molecule has 1 aromatic carbocycles. The van der Waals surface area contributed by atoms with Crippen molar-refractivity contribution in [3.8, 4) is 0 Å². The Labute approximate surface area is 130 Å². The van der Waals surface area contributed by atoms with Gasteiger partial charge < -0.3 is 9.64 Å². The molecule has 1 aromatic rings. The zero-order chi connectivity index (χ0) is 16.3. The smallest absolute Gasteiger partial charge is 0.321 e. The van der Waals surface area contributed by atoms with E-state index in [0.29, 0.717) is 0 Å². The Hall–Kier alpha value is -1.91. The van der Waals surface area contributed by atoms with Crippen LogP contribution in [0.5, 0.6) is 0 Å². The lowest BCUT2D eigenvalue weighted by atomic mass is 9.80. The van der Waals surface area contributed by atoms with E-state index in [9.17, 15) is 14.0 Å². The fourth-order valence-electron chi connectivity index (χ4n) is 2.96. The van der Waals surface area contributed by atoms with Crippen LogP contribution in [-0.2, 0) is 14.3 Å². The summed E-state index contributed by atoms with van der Waals surface area (Å²) >= 11 is 0. The number of hydrogen-bond donors (Lipinski definition) is 0. The van der Waals surface area contributed by atoms with Gasteiger partial charge in [-0.05, 0) is 26.3 Å². The lowest BCUT2D eigenvalue weighted by molar-refractivity contribution is -0.162. The second-order valence-corrected chi connectivity index (χ2v) is 5.82. The molecule has 1 fully saturated rings. The minimum atomic E-state index is -1.44. The molecule has 4 nitrogen and oxygen atoms in total. The molecule has 0 aromatic heterocycles. The molecular formula is C17H22FNO3. The number of carbonyl (C=O) groups excluding carboxylic acids is 2. The average molecular weight is 307 g/mol. The molecule has 0 radical (unpaired) electrons. The highest BCUT2D eigenvalue weighted by atomic mass is 19.1. The van der Waals surface area contributed by atoms with Crippen LogP contribution in [0.4, 0.5) is 4.39 Å². The standard InChI is InChI=1S/C17H22FNO3/c1-4-22-16(21)17(3)14(10-18)11-19(15(17)20)12(2)13-8-6-5-7-9-13/h5-9,12,14H,4,10-11H2,1-3H3/t12-,14+,17+/m1/s1. The Balaban J connectivity index is 2.30. The number of carbonyl (C=O) groups is 2. The van der Waals surface area contributed by atoms with E-state index in [-0.39, 0.29) is 25.1 Å². The average Bonchev–Trinajstić information content (AvgIpc) is 2.80. The first-order valence-corrected chi connectivity index (χ1v) is 7.56. The summed E-state index contributed by atoms with van der Waals surface area (Å²) in [5, 5.41) is 0. The number of ether oxygens (including phenoxy) is 1. The van der Waals surface area contributed by atoms with Crippen LogP contribution in [0.15, 0.2) is 30.3 Å². The van der Waals surface area contributed by atoms with Crippen molar-refractivity contribution in [2.75, 3.05) is 19.8 Å². The molecule has 0 bridgehead atoms. The van der Waals surface area contributed by atoms with E-state index in [4.69, 9.17) is 4.74 Å². The zero-order valence-corrected chi connectivity index (χ0v) is 13.2. The third kappa shape index (κ3) is 2.60. The molecule has 3 atom stereocenters. The molecule has 0 unspecified atom stereocenters. The molecule has 2 rings (SSSR count). The molecule has 1 aliphatic rings. The topological polar surface area (TPSA) is 46.6 Å². The van der Waals surface area contributed by atoms with Crippen molar-refractivity contribution in [1.82, 2.24) is 4.90 Å². The van der Waals surface area contributed by atoms with Crippen molar-refractivity contribution in [1.29, 1.82) is 0 Å². The van der Waals surface area contributed by atoms with Gasteiger partial charge in [-0.15, -0.1) is 0 Å². The molecule has 1 saturated heterocycles. The molecular weight excluding hydrogens is 285 g/mol. The summed E-state index contributed by atoms with van der Waals surface area (Å²) < 4.78 is 18.4. The number of halogens is 1. The number of rotatable bonds is 5. The molecule has 1 aliphatic heterocycles. The molecule has 1 heterocycles. The van der Waals surface area contributed by atoms with Crippen LogP contribution in [-0.4, -0.2) is 36.6 Å². The lowest BCUT2D eigenvalue weighted by Crippen LogP contribution is -2.43. The second-order valence-electron chi connectivity index (χ2n) is 5.82. The summed E-state index contributed by atoms with van der Waals surface area (Å²) in [6, 6.07) is 9.31. The van der Waals surface area contributed by atoms with Crippen LogP contribution in [0.25, 0.3) is 0 Å². The number of likely N-dealkylation sites (tertiary alicyclic amines) is 1. The molecule has 120 valence electrons. The molecule has 22 heavy (non-hydrogen) atoms. The molecule has 5 heteroatoms. The summed E-state index contributed by atoms with van der Waals surface area (Å²) in [4.78, 5) is 26.6. The zero-order valence-electron chi connectivity index (χ0n) is 13.2. The second kappa shape index (κ2) is 6.46. The Morgan fingerprint density at radius 3 is 2.64 bits per heavy atom. The van der Waals surface area contributed by atoms with Crippen molar-refractivity contribution in [3.63, 3.8) is 0 Å². The maximum atomic E-state index is 13.4. The summed E-state index contributed by atoms with van der Waals surface area (Å²) in [5.41, 5.74) is -0.477. The van der Waals surface area contributed by atoms with Crippen LogP contribution >= 0.6 is 0 Å². The van der Waals surface area contributed by atoms with Crippen molar-refractivity contribution < 1.29 is 18.7 Å². The normalized spacial score (nSPS) is 26.1. The molecule has 0 N–H and O–H groups in total. The largest absolute Gasteiger partial charge is 0.465 e. The monoisotopic (exact) mass is 307 g/mol. The van der Waals surface area contributed by atoms with Gasteiger partial charge in [0.1, 0.15) is 0 Å². The Bertz CT molecular complexity index is 548. The summed E-state index contributed by atoms with van der Waals surface area (Å²) in [7, 11) is 0. The number of benzene rings is 1. The van der Waals surface area contributed by atoms with Gasteiger partial charge in [0, 0.05) is 12.5 Å². The first-order valence-electron chi connectivity index (χ1n) is 7.56. The van der Waals surface area contributed by atoms with E-state index in [2.05, 4.69) is 0 Å². The quantitative estimate of drug-likeness (QED) is 0.621. The lowest BCUT2D eigenvalue weighted by Gasteiger charge is -2.27. The molecule has 0 spiro atoms. The maximum Gasteiger partial charge on any atom is 0.321 e. The van der Waals surface area contributed by atoms with Crippen molar-refractivity contribution in [2.24, 2.45) is 11.3 Å². The first-order chi connectivity index (χ1) is 10.5. The maximum absolute atomic E-state index is 13.4. The van der Waals surface area contributed by atoms with E-state index in [1.807, 2.05) is 37.3 Å². The fraction of sp³-hybridized carbons (Fsp3) is 0.529. The van der Waals surface area contributed by atoms with E-state index >= 15 is 0 Å². The highest BCUT2D eigenvalue weighted by molar-refractivity contribution is 6.04.